The number of hydrogen-bond donors (Lipinski definition) is 3. The minimum atomic E-state index is -1.90. The third-order valence-electron chi connectivity index (χ3n) is 2.58. The van der Waals surface area contributed by atoms with Crippen LogP contribution in [0.15, 0.2) is 12.3 Å². The lowest BCUT2D eigenvalue weighted by Crippen LogP contribution is -2.46. The van der Waals surface area contributed by atoms with Crippen molar-refractivity contribution in [2.24, 2.45) is 5.73 Å². The summed E-state index contributed by atoms with van der Waals surface area (Å²) in [5, 5.41) is 9.78. The lowest BCUT2D eigenvalue weighted by Gasteiger charge is -2.25. The van der Waals surface area contributed by atoms with Gasteiger partial charge in [-0.05, 0) is 31.1 Å². The number of allylic oxidation sites excluding steroid dienone is 1. The Labute approximate surface area is 81.4 Å². The van der Waals surface area contributed by atoms with E-state index in [1.54, 1.807) is 6.20 Å². The SMILES string of the molecule is CC1=CC(=O)C(N)(O)c2[nH]cc(C)c21. The van der Waals surface area contributed by atoms with Crippen molar-refractivity contribution < 1.29 is 9.90 Å². The molecular weight excluding hydrogens is 180 g/mol. The number of fused-ring (bicyclic) bond motifs is 1. The van der Waals surface area contributed by atoms with Crippen molar-refractivity contribution in [3.05, 3.63) is 29.1 Å². The highest BCUT2D eigenvalue weighted by Gasteiger charge is 2.39. The van der Waals surface area contributed by atoms with Gasteiger partial charge in [-0.3, -0.25) is 10.5 Å². The number of aliphatic hydroxyl groups is 1. The Hall–Kier alpha value is -1.39. The number of carbonyl (C=O) groups excluding carboxylic acids is 1. The number of rotatable bonds is 0. The van der Waals surface area contributed by atoms with Gasteiger partial charge in [0.1, 0.15) is 0 Å². The lowest BCUT2D eigenvalue weighted by molar-refractivity contribution is -0.133. The number of hydrogen-bond acceptors (Lipinski definition) is 3. The van der Waals surface area contributed by atoms with Gasteiger partial charge in [0.05, 0.1) is 5.69 Å². The summed E-state index contributed by atoms with van der Waals surface area (Å²) in [7, 11) is 0. The second-order valence-electron chi connectivity index (χ2n) is 3.68. The van der Waals surface area contributed by atoms with Gasteiger partial charge in [-0.15, -0.1) is 0 Å². The molecule has 1 aliphatic carbocycles. The zero-order chi connectivity index (χ0) is 10.5. The molecule has 14 heavy (non-hydrogen) atoms. The molecule has 0 bridgehead atoms. The van der Waals surface area contributed by atoms with E-state index < -0.39 is 11.5 Å². The molecule has 0 saturated carbocycles. The third-order valence-corrected chi connectivity index (χ3v) is 2.58. The maximum Gasteiger partial charge on any atom is 0.219 e. The average molecular weight is 192 g/mol. The maximum absolute atomic E-state index is 11.4. The Bertz CT molecular complexity index is 441. The van der Waals surface area contributed by atoms with E-state index in [4.69, 9.17) is 5.73 Å². The monoisotopic (exact) mass is 192 g/mol. The molecule has 0 radical (unpaired) electrons. The molecule has 4 heteroatoms. The van der Waals surface area contributed by atoms with Crippen LogP contribution in [0.2, 0.25) is 0 Å². The summed E-state index contributed by atoms with van der Waals surface area (Å²) in [6, 6.07) is 0. The molecule has 4 N–H and O–H groups in total. The van der Waals surface area contributed by atoms with E-state index >= 15 is 0 Å². The van der Waals surface area contributed by atoms with Crippen LogP contribution in [-0.2, 0) is 10.5 Å². The van der Waals surface area contributed by atoms with Crippen LogP contribution in [0.25, 0.3) is 5.57 Å². The van der Waals surface area contributed by atoms with Gasteiger partial charge in [-0.1, -0.05) is 0 Å². The van der Waals surface area contributed by atoms with Crippen LogP contribution in [-0.4, -0.2) is 15.9 Å². The predicted octanol–water partition coefficient (Wildman–Crippen LogP) is 0.413. The summed E-state index contributed by atoms with van der Waals surface area (Å²) >= 11 is 0. The van der Waals surface area contributed by atoms with Crippen LogP contribution in [0.5, 0.6) is 0 Å². The minimum absolute atomic E-state index is 0.389. The molecule has 2 rings (SSSR count). The molecule has 0 spiro atoms. The van der Waals surface area contributed by atoms with Gasteiger partial charge in [-0.2, -0.15) is 0 Å². The van der Waals surface area contributed by atoms with Crippen molar-refractivity contribution in [2.45, 2.75) is 19.6 Å². The second-order valence-corrected chi connectivity index (χ2v) is 3.68. The van der Waals surface area contributed by atoms with E-state index in [-0.39, 0.29) is 0 Å². The fourth-order valence-corrected chi connectivity index (χ4v) is 1.83. The number of nitrogens with one attached hydrogen (secondary N) is 1. The van der Waals surface area contributed by atoms with Crippen molar-refractivity contribution >= 4 is 11.4 Å². The van der Waals surface area contributed by atoms with Gasteiger partial charge in [-0.25, -0.2) is 0 Å². The van der Waals surface area contributed by atoms with Crippen molar-refractivity contribution in [2.75, 3.05) is 0 Å². The van der Waals surface area contributed by atoms with Crippen LogP contribution in [0.4, 0.5) is 0 Å². The molecule has 74 valence electrons. The van der Waals surface area contributed by atoms with Crippen LogP contribution < -0.4 is 5.73 Å². The molecule has 0 amide bonds. The Morgan fingerprint density at radius 2 is 2.14 bits per heavy atom. The van der Waals surface area contributed by atoms with E-state index in [1.165, 1.54) is 6.08 Å². The largest absolute Gasteiger partial charge is 0.364 e. The third kappa shape index (κ3) is 0.981. The van der Waals surface area contributed by atoms with Crippen LogP contribution >= 0.6 is 0 Å². The van der Waals surface area contributed by atoms with E-state index in [0.29, 0.717) is 5.69 Å². The summed E-state index contributed by atoms with van der Waals surface area (Å²) in [5.41, 5.74) is 6.68. The minimum Gasteiger partial charge on any atom is -0.364 e. The summed E-state index contributed by atoms with van der Waals surface area (Å²) in [6.45, 7) is 3.73. The number of aromatic amines is 1. The van der Waals surface area contributed by atoms with Gasteiger partial charge in [0.15, 0.2) is 0 Å². The zero-order valence-corrected chi connectivity index (χ0v) is 8.09. The molecule has 1 unspecified atom stereocenters. The van der Waals surface area contributed by atoms with Gasteiger partial charge < -0.3 is 10.1 Å². The second kappa shape index (κ2) is 2.56. The fourth-order valence-electron chi connectivity index (χ4n) is 1.83. The standard InChI is InChI=1S/C10H12N2O2/c1-5-3-7(13)10(11,14)9-8(5)6(2)4-12-9/h3-4,12,14H,11H2,1-2H3. The average Bonchev–Trinajstić information content (AvgIpc) is 2.45. The Morgan fingerprint density at radius 3 is 2.79 bits per heavy atom. The summed E-state index contributed by atoms with van der Waals surface area (Å²) in [6.07, 6.45) is 3.11. The quantitative estimate of drug-likeness (QED) is 0.521. The first-order valence-electron chi connectivity index (χ1n) is 4.37. The molecule has 0 saturated heterocycles. The number of ketones is 1. The van der Waals surface area contributed by atoms with Crippen LogP contribution in [0.1, 0.15) is 23.7 Å². The summed E-state index contributed by atoms with van der Waals surface area (Å²) in [5.74, 6) is -0.482. The number of H-pyrrole nitrogens is 1. The normalized spacial score (nSPS) is 26.0. The van der Waals surface area contributed by atoms with Crippen molar-refractivity contribution in [1.29, 1.82) is 0 Å². The summed E-state index contributed by atoms with van der Waals surface area (Å²) < 4.78 is 0. The molecule has 0 aliphatic heterocycles. The van der Waals surface area contributed by atoms with E-state index in [0.717, 1.165) is 16.7 Å². The lowest BCUT2D eigenvalue weighted by atomic mass is 9.89. The molecular formula is C10H12N2O2. The highest BCUT2D eigenvalue weighted by Crippen LogP contribution is 2.33. The summed E-state index contributed by atoms with van der Waals surface area (Å²) in [4.78, 5) is 14.3. The number of carbonyl (C=O) groups is 1. The zero-order valence-electron chi connectivity index (χ0n) is 8.09. The molecule has 1 aromatic rings. The molecule has 1 atom stereocenters. The molecule has 1 heterocycles. The molecule has 0 aromatic carbocycles. The molecule has 1 aromatic heterocycles. The van der Waals surface area contributed by atoms with Crippen LogP contribution in [0, 0.1) is 6.92 Å². The van der Waals surface area contributed by atoms with Crippen molar-refractivity contribution in [1.82, 2.24) is 4.98 Å². The smallest absolute Gasteiger partial charge is 0.219 e. The number of aryl methyl sites for hydroxylation is 1. The topological polar surface area (TPSA) is 79.1 Å². The van der Waals surface area contributed by atoms with Gasteiger partial charge in [0.25, 0.3) is 0 Å². The maximum atomic E-state index is 11.4. The van der Waals surface area contributed by atoms with E-state index in [9.17, 15) is 9.90 Å². The molecule has 4 nitrogen and oxygen atoms in total. The van der Waals surface area contributed by atoms with Gasteiger partial charge in [0.2, 0.25) is 11.5 Å². The number of nitrogens with two attached hydrogens (primary N) is 1. The molecule has 0 fully saturated rings. The first-order chi connectivity index (χ1) is 6.44. The first-order valence-corrected chi connectivity index (χ1v) is 4.37. The van der Waals surface area contributed by atoms with Gasteiger partial charge >= 0.3 is 0 Å². The number of aromatic nitrogens is 1. The van der Waals surface area contributed by atoms with E-state index in [1.807, 2.05) is 13.8 Å². The molecule has 1 aliphatic rings. The first kappa shape index (κ1) is 9.18. The Balaban J connectivity index is 2.75. The van der Waals surface area contributed by atoms with Gasteiger partial charge in [0, 0.05) is 11.8 Å². The highest BCUT2D eigenvalue weighted by atomic mass is 16.3. The fraction of sp³-hybridized carbons (Fsp3) is 0.300. The highest BCUT2D eigenvalue weighted by molar-refractivity contribution is 6.05. The van der Waals surface area contributed by atoms with Crippen LogP contribution in [0.3, 0.4) is 0 Å². The predicted molar refractivity (Wildman–Crippen MR) is 52.3 cm³/mol. The van der Waals surface area contributed by atoms with Crippen molar-refractivity contribution in [3.8, 4) is 0 Å². The van der Waals surface area contributed by atoms with Crippen molar-refractivity contribution in [3.63, 3.8) is 0 Å². The Morgan fingerprint density at radius 1 is 1.50 bits per heavy atom. The Kier molecular flexibility index (Phi) is 1.68. The van der Waals surface area contributed by atoms with E-state index in [2.05, 4.69) is 4.98 Å².